The molecule has 0 amide bonds. The molecule has 0 aromatic rings. The number of hydrogen-bond donors (Lipinski definition) is 3. The largest absolute Gasteiger partial charge is 0.479 e. The Morgan fingerprint density at radius 2 is 2.00 bits per heavy atom. The van der Waals surface area contributed by atoms with Gasteiger partial charge in [-0.1, -0.05) is 0 Å². The highest BCUT2D eigenvalue weighted by Crippen LogP contribution is 2.17. The predicted octanol–water partition coefficient (Wildman–Crippen LogP) is -1.07. The Bertz CT molecular complexity index is 147. The number of carboxylic acid groups (broad SMARTS) is 1. The maximum absolute atomic E-state index is 10.3. The second-order valence-corrected chi connectivity index (χ2v) is 2.54. The normalized spacial score (nSPS) is 38.5. The van der Waals surface area contributed by atoms with Crippen LogP contribution in [0.15, 0.2) is 0 Å². The van der Waals surface area contributed by atoms with Crippen molar-refractivity contribution in [2.75, 3.05) is 0 Å². The van der Waals surface area contributed by atoms with Crippen LogP contribution in [-0.4, -0.2) is 39.8 Å². The number of aliphatic carboxylic acids is 1. The number of carboxylic acids is 1. The molecule has 0 aliphatic carbocycles. The first-order valence-electron chi connectivity index (χ1n) is 3.34. The lowest BCUT2D eigenvalue weighted by Gasteiger charge is -2.27. The monoisotopic (exact) mass is 162 g/mol. The molecule has 3 N–H and O–H groups in total. The quantitative estimate of drug-likeness (QED) is 0.457. The number of ether oxygens (including phenoxy) is 1. The number of aliphatic hydroxyl groups is 2. The van der Waals surface area contributed by atoms with Crippen LogP contribution >= 0.6 is 0 Å². The van der Waals surface area contributed by atoms with Gasteiger partial charge in [-0.15, -0.1) is 0 Å². The molecule has 0 saturated carbocycles. The molecule has 1 fully saturated rings. The fourth-order valence-corrected chi connectivity index (χ4v) is 1.04. The molecular formula is C6H10O5. The summed E-state index contributed by atoms with van der Waals surface area (Å²) in [5, 5.41) is 26.3. The Hall–Kier alpha value is -0.650. The Morgan fingerprint density at radius 3 is 2.45 bits per heavy atom. The van der Waals surface area contributed by atoms with Crippen molar-refractivity contribution >= 4 is 5.97 Å². The predicted molar refractivity (Wildman–Crippen MR) is 33.8 cm³/mol. The van der Waals surface area contributed by atoms with Gasteiger partial charge in [-0.2, -0.15) is 0 Å². The Kier molecular flexibility index (Phi) is 2.43. The van der Waals surface area contributed by atoms with Crippen molar-refractivity contribution in [2.24, 2.45) is 0 Å². The minimum atomic E-state index is -1.15. The van der Waals surface area contributed by atoms with Crippen LogP contribution in [0.25, 0.3) is 0 Å². The minimum absolute atomic E-state index is 0.0480. The maximum atomic E-state index is 10.3. The summed E-state index contributed by atoms with van der Waals surface area (Å²) in [6, 6.07) is 0. The molecule has 1 heterocycles. The zero-order chi connectivity index (χ0) is 8.43. The van der Waals surface area contributed by atoms with E-state index in [1.54, 1.807) is 0 Å². The average molecular weight is 162 g/mol. The number of rotatable bonds is 1. The van der Waals surface area contributed by atoms with E-state index >= 15 is 0 Å². The highest BCUT2D eigenvalue weighted by Gasteiger charge is 2.31. The minimum Gasteiger partial charge on any atom is -0.479 e. The van der Waals surface area contributed by atoms with E-state index in [1.807, 2.05) is 0 Å². The van der Waals surface area contributed by atoms with E-state index in [1.165, 1.54) is 0 Å². The van der Waals surface area contributed by atoms with Crippen LogP contribution in [0.3, 0.4) is 0 Å². The van der Waals surface area contributed by atoms with E-state index in [4.69, 9.17) is 15.3 Å². The van der Waals surface area contributed by atoms with Gasteiger partial charge in [-0.25, -0.2) is 4.79 Å². The van der Waals surface area contributed by atoms with E-state index in [9.17, 15) is 4.79 Å². The standard InChI is InChI=1S/C6H10O5/c7-3-1-4(6(9)10)11-5(8)2-3/h3-5,7-8H,1-2H2,(H,9,10)/t3-,4-,5?/m0/s1. The van der Waals surface area contributed by atoms with E-state index in [2.05, 4.69) is 4.74 Å². The van der Waals surface area contributed by atoms with Gasteiger partial charge < -0.3 is 20.1 Å². The van der Waals surface area contributed by atoms with Gasteiger partial charge in [0.1, 0.15) is 0 Å². The molecule has 1 unspecified atom stereocenters. The van der Waals surface area contributed by atoms with Crippen LogP contribution in [0.2, 0.25) is 0 Å². The van der Waals surface area contributed by atoms with Crippen LogP contribution < -0.4 is 0 Å². The number of aliphatic hydroxyl groups excluding tert-OH is 2. The van der Waals surface area contributed by atoms with Crippen LogP contribution in [0, 0.1) is 0 Å². The summed E-state index contributed by atoms with van der Waals surface area (Å²) < 4.78 is 4.61. The summed E-state index contributed by atoms with van der Waals surface area (Å²) >= 11 is 0. The summed E-state index contributed by atoms with van der Waals surface area (Å²) in [5.74, 6) is -1.15. The molecule has 1 aliphatic heterocycles. The number of hydrogen-bond acceptors (Lipinski definition) is 4. The van der Waals surface area contributed by atoms with Gasteiger partial charge in [-0.3, -0.25) is 0 Å². The van der Waals surface area contributed by atoms with E-state index in [0.29, 0.717) is 0 Å². The zero-order valence-electron chi connectivity index (χ0n) is 5.80. The summed E-state index contributed by atoms with van der Waals surface area (Å²) in [4.78, 5) is 10.3. The lowest BCUT2D eigenvalue weighted by Crippen LogP contribution is -2.39. The third-order valence-electron chi connectivity index (χ3n) is 1.56. The lowest BCUT2D eigenvalue weighted by atomic mass is 10.1. The van der Waals surface area contributed by atoms with Crippen molar-refractivity contribution < 1.29 is 24.9 Å². The smallest absolute Gasteiger partial charge is 0.333 e. The maximum Gasteiger partial charge on any atom is 0.333 e. The molecule has 0 aromatic carbocycles. The third kappa shape index (κ3) is 2.14. The SMILES string of the molecule is O=C(O)[C@@H]1C[C@H](O)CC(O)O1. The second-order valence-electron chi connectivity index (χ2n) is 2.54. The highest BCUT2D eigenvalue weighted by molar-refractivity contribution is 5.72. The summed E-state index contributed by atoms with van der Waals surface area (Å²) in [5.41, 5.74) is 0. The summed E-state index contributed by atoms with van der Waals surface area (Å²) in [6.07, 6.45) is -2.87. The van der Waals surface area contributed by atoms with Crippen LogP contribution in [0.1, 0.15) is 12.8 Å². The van der Waals surface area contributed by atoms with Gasteiger partial charge in [0.15, 0.2) is 12.4 Å². The Balaban J connectivity index is 2.49. The fourth-order valence-electron chi connectivity index (χ4n) is 1.04. The highest BCUT2D eigenvalue weighted by atomic mass is 16.6. The molecule has 1 aliphatic rings. The molecule has 11 heavy (non-hydrogen) atoms. The van der Waals surface area contributed by atoms with Gasteiger partial charge >= 0.3 is 5.97 Å². The van der Waals surface area contributed by atoms with Crippen molar-refractivity contribution in [3.05, 3.63) is 0 Å². The molecule has 0 aromatic heterocycles. The van der Waals surface area contributed by atoms with E-state index in [-0.39, 0.29) is 12.8 Å². The summed E-state index contributed by atoms with van der Waals surface area (Å²) in [6.45, 7) is 0. The van der Waals surface area contributed by atoms with Crippen molar-refractivity contribution in [1.29, 1.82) is 0 Å². The second kappa shape index (κ2) is 3.17. The van der Waals surface area contributed by atoms with Crippen molar-refractivity contribution in [3.63, 3.8) is 0 Å². The van der Waals surface area contributed by atoms with Gasteiger partial charge in [0.2, 0.25) is 0 Å². The third-order valence-corrected chi connectivity index (χ3v) is 1.56. The Morgan fingerprint density at radius 1 is 1.36 bits per heavy atom. The van der Waals surface area contributed by atoms with Gasteiger partial charge in [0.05, 0.1) is 6.10 Å². The molecule has 64 valence electrons. The summed E-state index contributed by atoms with van der Waals surface area (Å²) in [7, 11) is 0. The fraction of sp³-hybridized carbons (Fsp3) is 0.833. The van der Waals surface area contributed by atoms with Crippen molar-refractivity contribution in [3.8, 4) is 0 Å². The van der Waals surface area contributed by atoms with Crippen LogP contribution in [-0.2, 0) is 9.53 Å². The topological polar surface area (TPSA) is 87.0 Å². The lowest BCUT2D eigenvalue weighted by molar-refractivity contribution is -0.203. The molecule has 5 heteroatoms. The molecule has 0 radical (unpaired) electrons. The van der Waals surface area contributed by atoms with Crippen molar-refractivity contribution in [1.82, 2.24) is 0 Å². The molecule has 0 bridgehead atoms. The molecular weight excluding hydrogens is 152 g/mol. The van der Waals surface area contributed by atoms with Gasteiger partial charge in [0.25, 0.3) is 0 Å². The molecule has 0 spiro atoms. The molecule has 1 rings (SSSR count). The first-order chi connectivity index (χ1) is 5.09. The van der Waals surface area contributed by atoms with Crippen LogP contribution in [0.5, 0.6) is 0 Å². The van der Waals surface area contributed by atoms with Gasteiger partial charge in [-0.05, 0) is 0 Å². The molecule has 3 atom stereocenters. The van der Waals surface area contributed by atoms with Gasteiger partial charge in [0, 0.05) is 12.8 Å². The van der Waals surface area contributed by atoms with Crippen LogP contribution in [0.4, 0.5) is 0 Å². The first-order valence-corrected chi connectivity index (χ1v) is 3.34. The van der Waals surface area contributed by atoms with E-state index < -0.39 is 24.5 Å². The molecule has 1 saturated heterocycles. The first kappa shape index (κ1) is 8.45. The zero-order valence-corrected chi connectivity index (χ0v) is 5.80. The van der Waals surface area contributed by atoms with E-state index in [0.717, 1.165) is 0 Å². The average Bonchev–Trinajstić information content (AvgIpc) is 1.85. The number of carbonyl (C=O) groups is 1. The van der Waals surface area contributed by atoms with Crippen molar-refractivity contribution in [2.45, 2.75) is 31.3 Å². The molecule has 5 nitrogen and oxygen atoms in total. The Labute approximate surface area is 63.2 Å².